The molecule has 164 valence electrons. The number of aromatic nitrogens is 1. The number of oxazole rings is 1. The van der Waals surface area contributed by atoms with Gasteiger partial charge in [-0.05, 0) is 40.7 Å². The van der Waals surface area contributed by atoms with Crippen LogP contribution >= 0.6 is 11.8 Å². The van der Waals surface area contributed by atoms with Crippen molar-refractivity contribution in [2.75, 3.05) is 5.75 Å². The van der Waals surface area contributed by atoms with E-state index >= 15 is 0 Å². The first-order valence-corrected chi connectivity index (χ1v) is 11.1. The minimum atomic E-state index is -0.255. The zero-order chi connectivity index (χ0) is 22.8. The van der Waals surface area contributed by atoms with Gasteiger partial charge in [0.2, 0.25) is 0 Å². The number of para-hydroxylation sites is 2. The highest BCUT2D eigenvalue weighted by atomic mass is 32.2. The smallest absolute Gasteiger partial charge is 0.257 e. The maximum atomic E-state index is 12.2. The number of carbonyl (C=O) groups is 1. The molecule has 0 saturated heterocycles. The van der Waals surface area contributed by atoms with Gasteiger partial charge in [-0.2, -0.15) is 5.10 Å². The van der Waals surface area contributed by atoms with Crippen LogP contribution in [0.15, 0.2) is 51.1 Å². The molecule has 3 rings (SSSR count). The molecule has 1 amide bonds. The summed E-state index contributed by atoms with van der Waals surface area (Å²) in [5, 5.41) is 15.3. The van der Waals surface area contributed by atoms with Crippen LogP contribution in [0.5, 0.6) is 5.75 Å². The first kappa shape index (κ1) is 22.9. The molecule has 0 fully saturated rings. The predicted molar refractivity (Wildman–Crippen MR) is 126 cm³/mol. The number of nitrogens with zero attached hydrogens (tertiary/aromatic N) is 2. The van der Waals surface area contributed by atoms with E-state index in [1.165, 1.54) is 11.8 Å². The molecule has 6 nitrogen and oxygen atoms in total. The highest BCUT2D eigenvalue weighted by Crippen LogP contribution is 2.39. The van der Waals surface area contributed by atoms with Crippen LogP contribution in [0, 0.1) is 0 Å². The van der Waals surface area contributed by atoms with Crippen molar-refractivity contribution in [2.24, 2.45) is 5.10 Å². The molecule has 0 aliphatic heterocycles. The van der Waals surface area contributed by atoms with Crippen molar-refractivity contribution in [1.82, 2.24) is 10.4 Å². The lowest BCUT2D eigenvalue weighted by Crippen LogP contribution is -2.20. The van der Waals surface area contributed by atoms with E-state index in [9.17, 15) is 9.90 Å². The van der Waals surface area contributed by atoms with Crippen LogP contribution in [0.3, 0.4) is 0 Å². The summed E-state index contributed by atoms with van der Waals surface area (Å²) in [5.74, 6) is 0.200. The summed E-state index contributed by atoms with van der Waals surface area (Å²) in [6.07, 6.45) is 1.60. The maximum Gasteiger partial charge on any atom is 0.257 e. The standard InChI is InChI=1S/C24H29N3O3S/c1-23(2,3)16-11-15(12-17(21(16)29)24(4,5)6)13-25-27-20(28)14-31-22-26-18-9-7-8-10-19(18)30-22/h7-13,29H,14H2,1-6H3,(H,27,28)/b25-13+. The Morgan fingerprint density at radius 3 is 2.32 bits per heavy atom. The van der Waals surface area contributed by atoms with Crippen molar-refractivity contribution in [3.8, 4) is 5.75 Å². The monoisotopic (exact) mass is 439 g/mol. The molecular weight excluding hydrogens is 410 g/mol. The Morgan fingerprint density at radius 1 is 1.13 bits per heavy atom. The summed E-state index contributed by atoms with van der Waals surface area (Å²) >= 11 is 1.22. The zero-order valence-electron chi connectivity index (χ0n) is 18.8. The summed E-state index contributed by atoms with van der Waals surface area (Å²) < 4.78 is 5.60. The minimum absolute atomic E-state index is 0.139. The number of hydrazone groups is 1. The topological polar surface area (TPSA) is 87.7 Å². The molecule has 0 radical (unpaired) electrons. The van der Waals surface area contributed by atoms with Crippen molar-refractivity contribution in [2.45, 2.75) is 57.6 Å². The first-order chi connectivity index (χ1) is 14.4. The van der Waals surface area contributed by atoms with Gasteiger partial charge in [-0.3, -0.25) is 4.79 Å². The lowest BCUT2D eigenvalue weighted by molar-refractivity contribution is -0.118. The number of aromatic hydroxyl groups is 1. The Balaban J connectivity index is 1.68. The molecule has 0 unspecified atom stereocenters. The molecular formula is C24H29N3O3S. The number of hydrogen-bond acceptors (Lipinski definition) is 6. The highest BCUT2D eigenvalue weighted by molar-refractivity contribution is 7.99. The minimum Gasteiger partial charge on any atom is -0.507 e. The summed E-state index contributed by atoms with van der Waals surface area (Å²) in [7, 11) is 0. The predicted octanol–water partition coefficient (Wildman–Crippen LogP) is 5.37. The SMILES string of the molecule is CC(C)(C)c1cc(/C=N/NC(=O)CSc2nc3ccccc3o2)cc(C(C)(C)C)c1O. The number of nitrogens with one attached hydrogen (secondary N) is 1. The number of benzene rings is 2. The molecule has 0 atom stereocenters. The van der Waals surface area contributed by atoms with Crippen LogP contribution in [-0.2, 0) is 15.6 Å². The van der Waals surface area contributed by atoms with Crippen molar-refractivity contribution in [3.63, 3.8) is 0 Å². The average molecular weight is 440 g/mol. The second-order valence-corrected chi connectivity index (χ2v) is 10.4. The van der Waals surface area contributed by atoms with Crippen LogP contribution in [0.4, 0.5) is 0 Å². The molecule has 0 spiro atoms. The van der Waals surface area contributed by atoms with Crippen LogP contribution in [-0.4, -0.2) is 28.0 Å². The van der Waals surface area contributed by atoms with Gasteiger partial charge in [0.05, 0.1) is 12.0 Å². The second kappa shape index (κ2) is 8.75. The highest BCUT2D eigenvalue weighted by Gasteiger charge is 2.26. The van der Waals surface area contributed by atoms with Gasteiger partial charge < -0.3 is 9.52 Å². The van der Waals surface area contributed by atoms with Crippen LogP contribution < -0.4 is 5.43 Å². The molecule has 7 heteroatoms. The molecule has 2 N–H and O–H groups in total. The summed E-state index contributed by atoms with van der Waals surface area (Å²) in [4.78, 5) is 16.5. The molecule has 0 bridgehead atoms. The first-order valence-electron chi connectivity index (χ1n) is 10.1. The van der Waals surface area contributed by atoms with E-state index in [-0.39, 0.29) is 22.5 Å². The van der Waals surface area contributed by atoms with Crippen molar-refractivity contribution in [3.05, 3.63) is 53.1 Å². The molecule has 0 aliphatic rings. The van der Waals surface area contributed by atoms with Gasteiger partial charge in [0.1, 0.15) is 11.3 Å². The summed E-state index contributed by atoms with van der Waals surface area (Å²) in [6, 6.07) is 11.3. The fourth-order valence-corrected chi connectivity index (χ4v) is 3.76. The number of amides is 1. The lowest BCUT2D eigenvalue weighted by Gasteiger charge is -2.27. The summed E-state index contributed by atoms with van der Waals surface area (Å²) in [6.45, 7) is 12.3. The van der Waals surface area contributed by atoms with Crippen molar-refractivity contribution < 1.29 is 14.3 Å². The molecule has 3 aromatic rings. The third-order valence-corrected chi connectivity index (χ3v) is 5.58. The fourth-order valence-electron chi connectivity index (χ4n) is 3.13. The molecule has 2 aromatic carbocycles. The van der Waals surface area contributed by atoms with Gasteiger partial charge in [-0.15, -0.1) is 0 Å². The zero-order valence-corrected chi connectivity index (χ0v) is 19.6. The van der Waals surface area contributed by atoms with Gasteiger partial charge in [-0.25, -0.2) is 10.4 Å². The summed E-state index contributed by atoms with van der Waals surface area (Å²) in [5.41, 5.74) is 6.06. The third-order valence-electron chi connectivity index (χ3n) is 4.75. The second-order valence-electron chi connectivity index (χ2n) is 9.49. The van der Waals surface area contributed by atoms with Gasteiger partial charge in [-0.1, -0.05) is 65.4 Å². The molecule has 0 aliphatic carbocycles. The van der Waals surface area contributed by atoms with Gasteiger partial charge >= 0.3 is 0 Å². The number of fused-ring (bicyclic) bond motifs is 1. The van der Waals surface area contributed by atoms with E-state index in [0.29, 0.717) is 16.6 Å². The lowest BCUT2D eigenvalue weighted by atomic mass is 9.78. The van der Waals surface area contributed by atoms with E-state index in [1.54, 1.807) is 6.21 Å². The Hall–Kier alpha value is -2.80. The third kappa shape index (κ3) is 5.67. The number of hydrogen-bond donors (Lipinski definition) is 2. The number of rotatable bonds is 5. The van der Waals surface area contributed by atoms with E-state index in [1.807, 2.05) is 36.4 Å². The van der Waals surface area contributed by atoms with E-state index < -0.39 is 0 Å². The van der Waals surface area contributed by atoms with Crippen LogP contribution in [0.1, 0.15) is 58.2 Å². The Morgan fingerprint density at radius 2 is 1.74 bits per heavy atom. The normalized spacial score (nSPS) is 12.6. The number of phenolic OH excluding ortho intramolecular Hbond substituents is 1. The fraction of sp³-hybridized carbons (Fsp3) is 0.375. The quantitative estimate of drug-likeness (QED) is 0.317. The molecule has 1 heterocycles. The van der Waals surface area contributed by atoms with Gasteiger partial charge in [0.15, 0.2) is 5.58 Å². The van der Waals surface area contributed by atoms with Gasteiger partial charge in [0.25, 0.3) is 11.1 Å². The largest absolute Gasteiger partial charge is 0.507 e. The number of carbonyl (C=O) groups excluding carboxylic acids is 1. The van der Waals surface area contributed by atoms with Crippen molar-refractivity contribution >= 4 is 35.0 Å². The van der Waals surface area contributed by atoms with E-state index in [4.69, 9.17) is 4.42 Å². The molecule has 1 aromatic heterocycles. The van der Waals surface area contributed by atoms with Gasteiger partial charge in [0, 0.05) is 11.1 Å². The Labute approximate surface area is 187 Å². The number of phenols is 1. The Bertz CT molecular complexity index is 1050. The average Bonchev–Trinajstić information content (AvgIpc) is 3.08. The molecule has 31 heavy (non-hydrogen) atoms. The maximum absolute atomic E-state index is 12.2. The number of thioether (sulfide) groups is 1. The van der Waals surface area contributed by atoms with Crippen LogP contribution in [0.2, 0.25) is 0 Å². The van der Waals surface area contributed by atoms with Crippen LogP contribution in [0.25, 0.3) is 11.1 Å². The van der Waals surface area contributed by atoms with Crippen molar-refractivity contribution in [1.29, 1.82) is 0 Å². The van der Waals surface area contributed by atoms with E-state index in [2.05, 4.69) is 57.1 Å². The van der Waals surface area contributed by atoms with E-state index in [0.717, 1.165) is 22.2 Å². The molecule has 0 saturated carbocycles. The Kier molecular flexibility index (Phi) is 6.46.